The molecule has 3 N–H and O–H groups in total. The van der Waals surface area contributed by atoms with Crippen LogP contribution in [0.2, 0.25) is 0 Å². The molecular formula is C10H14N2O2. The standard InChI is InChI=1S/C10H14N2O2/c1-2-3-4-5-6-12-8-9(7-11)10(13)14/h1,7-8H,3-6,11H2,(H,13,14)/b9-7+,12-8?. The number of carbonyl (C=O) groups is 1. The maximum atomic E-state index is 10.4. The van der Waals surface area contributed by atoms with Gasteiger partial charge in [0.15, 0.2) is 0 Å². The highest BCUT2D eigenvalue weighted by atomic mass is 16.4. The normalized spacial score (nSPS) is 11.5. The van der Waals surface area contributed by atoms with E-state index in [9.17, 15) is 4.79 Å². The Kier molecular flexibility index (Phi) is 6.88. The van der Waals surface area contributed by atoms with Crippen molar-refractivity contribution in [3.05, 3.63) is 11.8 Å². The molecule has 0 fully saturated rings. The van der Waals surface area contributed by atoms with Gasteiger partial charge in [-0.25, -0.2) is 4.79 Å². The molecule has 0 atom stereocenters. The molecule has 0 saturated carbocycles. The van der Waals surface area contributed by atoms with Gasteiger partial charge in [0.05, 0.1) is 5.57 Å². The van der Waals surface area contributed by atoms with Crippen molar-refractivity contribution >= 4 is 12.2 Å². The van der Waals surface area contributed by atoms with E-state index in [1.807, 2.05) is 0 Å². The lowest BCUT2D eigenvalue weighted by Crippen LogP contribution is -2.04. The Morgan fingerprint density at radius 3 is 2.79 bits per heavy atom. The molecule has 0 unspecified atom stereocenters. The van der Waals surface area contributed by atoms with Crippen molar-refractivity contribution in [2.75, 3.05) is 6.54 Å². The zero-order valence-corrected chi connectivity index (χ0v) is 7.94. The average molecular weight is 194 g/mol. The smallest absolute Gasteiger partial charge is 0.338 e. The van der Waals surface area contributed by atoms with Crippen LogP contribution in [0.4, 0.5) is 0 Å². The summed E-state index contributed by atoms with van der Waals surface area (Å²) in [7, 11) is 0. The summed E-state index contributed by atoms with van der Waals surface area (Å²) < 4.78 is 0. The molecule has 0 bridgehead atoms. The van der Waals surface area contributed by atoms with Gasteiger partial charge in [0.2, 0.25) is 0 Å². The van der Waals surface area contributed by atoms with Crippen LogP contribution in [-0.4, -0.2) is 23.8 Å². The Morgan fingerprint density at radius 2 is 2.29 bits per heavy atom. The molecule has 4 heteroatoms. The number of carboxylic acids is 1. The van der Waals surface area contributed by atoms with Crippen molar-refractivity contribution in [2.45, 2.75) is 19.3 Å². The summed E-state index contributed by atoms with van der Waals surface area (Å²) in [5.74, 6) is 1.45. The van der Waals surface area contributed by atoms with Crippen LogP contribution in [0.3, 0.4) is 0 Å². The molecule has 0 saturated heterocycles. The lowest BCUT2D eigenvalue weighted by atomic mass is 10.2. The number of nitrogens with two attached hydrogens (primary N) is 1. The number of aliphatic imine (C=N–C) groups is 1. The number of aliphatic carboxylic acids is 1. The van der Waals surface area contributed by atoms with Gasteiger partial charge in [0.1, 0.15) is 0 Å². The fraction of sp³-hybridized carbons (Fsp3) is 0.400. The maximum Gasteiger partial charge on any atom is 0.338 e. The lowest BCUT2D eigenvalue weighted by Gasteiger charge is -1.93. The molecule has 0 aromatic rings. The van der Waals surface area contributed by atoms with E-state index in [0.717, 1.165) is 25.5 Å². The van der Waals surface area contributed by atoms with Crippen molar-refractivity contribution in [3.8, 4) is 12.3 Å². The number of nitrogens with zero attached hydrogens (tertiary/aromatic N) is 1. The van der Waals surface area contributed by atoms with Crippen LogP contribution < -0.4 is 5.73 Å². The van der Waals surface area contributed by atoms with Crippen molar-refractivity contribution in [1.29, 1.82) is 0 Å². The number of carboxylic acid groups (broad SMARTS) is 1. The first-order valence-electron chi connectivity index (χ1n) is 4.31. The summed E-state index contributed by atoms with van der Waals surface area (Å²) in [6.07, 6.45) is 9.84. The van der Waals surface area contributed by atoms with Gasteiger partial charge in [-0.2, -0.15) is 0 Å². The first kappa shape index (κ1) is 12.2. The quantitative estimate of drug-likeness (QED) is 0.284. The van der Waals surface area contributed by atoms with Crippen LogP contribution in [0, 0.1) is 12.3 Å². The molecule has 0 rings (SSSR count). The zero-order valence-electron chi connectivity index (χ0n) is 7.94. The van der Waals surface area contributed by atoms with Gasteiger partial charge in [-0.05, 0) is 12.8 Å². The van der Waals surface area contributed by atoms with Gasteiger partial charge < -0.3 is 10.8 Å². The molecular weight excluding hydrogens is 180 g/mol. The van der Waals surface area contributed by atoms with Crippen molar-refractivity contribution in [1.82, 2.24) is 0 Å². The molecule has 0 aromatic heterocycles. The second kappa shape index (κ2) is 7.87. The third-order valence-corrected chi connectivity index (χ3v) is 1.52. The summed E-state index contributed by atoms with van der Waals surface area (Å²) in [4.78, 5) is 14.3. The fourth-order valence-electron chi connectivity index (χ4n) is 0.763. The van der Waals surface area contributed by atoms with Crippen LogP contribution in [0.15, 0.2) is 16.8 Å². The lowest BCUT2D eigenvalue weighted by molar-refractivity contribution is -0.132. The molecule has 4 nitrogen and oxygen atoms in total. The molecule has 0 amide bonds. The van der Waals surface area contributed by atoms with E-state index in [1.54, 1.807) is 0 Å². The predicted octanol–water partition coefficient (Wildman–Crippen LogP) is 0.788. The molecule has 0 aliphatic heterocycles. The van der Waals surface area contributed by atoms with Crippen LogP contribution >= 0.6 is 0 Å². The molecule has 0 heterocycles. The first-order valence-corrected chi connectivity index (χ1v) is 4.31. The van der Waals surface area contributed by atoms with Gasteiger partial charge in [-0.3, -0.25) is 4.99 Å². The van der Waals surface area contributed by atoms with Crippen LogP contribution in [-0.2, 0) is 4.79 Å². The van der Waals surface area contributed by atoms with E-state index in [2.05, 4.69) is 10.9 Å². The minimum absolute atomic E-state index is 0.00181. The number of hydrogen-bond acceptors (Lipinski definition) is 3. The second-order valence-electron chi connectivity index (χ2n) is 2.62. The van der Waals surface area contributed by atoms with E-state index in [1.165, 1.54) is 6.21 Å². The van der Waals surface area contributed by atoms with Crippen molar-refractivity contribution in [3.63, 3.8) is 0 Å². The summed E-state index contributed by atoms with van der Waals surface area (Å²) in [5.41, 5.74) is 5.08. The van der Waals surface area contributed by atoms with E-state index in [4.69, 9.17) is 17.3 Å². The molecule has 76 valence electrons. The second-order valence-corrected chi connectivity index (χ2v) is 2.62. The van der Waals surface area contributed by atoms with Gasteiger partial charge in [-0.15, -0.1) is 12.3 Å². The number of terminal acetylenes is 1. The largest absolute Gasteiger partial charge is 0.478 e. The average Bonchev–Trinajstić information content (AvgIpc) is 2.16. The third kappa shape index (κ3) is 5.84. The predicted molar refractivity (Wildman–Crippen MR) is 55.9 cm³/mol. The highest BCUT2D eigenvalue weighted by Crippen LogP contribution is 1.94. The number of unbranched alkanes of at least 4 members (excludes halogenated alkanes) is 2. The van der Waals surface area contributed by atoms with Gasteiger partial charge >= 0.3 is 5.97 Å². The topological polar surface area (TPSA) is 75.7 Å². The molecule has 0 aromatic carbocycles. The van der Waals surface area contributed by atoms with E-state index in [-0.39, 0.29) is 5.57 Å². The van der Waals surface area contributed by atoms with Crippen LogP contribution in [0.25, 0.3) is 0 Å². The van der Waals surface area contributed by atoms with Gasteiger partial charge in [0, 0.05) is 25.4 Å². The Bertz CT molecular complexity index is 274. The maximum absolute atomic E-state index is 10.4. The Hall–Kier alpha value is -1.76. The first-order chi connectivity index (χ1) is 6.72. The molecule has 0 aliphatic carbocycles. The minimum atomic E-state index is -1.07. The number of rotatable bonds is 6. The summed E-state index contributed by atoms with van der Waals surface area (Å²) in [6.45, 7) is 0.576. The van der Waals surface area contributed by atoms with E-state index >= 15 is 0 Å². The van der Waals surface area contributed by atoms with Gasteiger partial charge in [0.25, 0.3) is 0 Å². The Balaban J connectivity index is 3.72. The summed E-state index contributed by atoms with van der Waals surface area (Å²) in [5, 5.41) is 8.55. The Labute approximate surface area is 83.5 Å². The SMILES string of the molecule is C#CCCCCN=C/C(=C\N)C(=O)O. The molecule has 0 spiro atoms. The molecule has 14 heavy (non-hydrogen) atoms. The monoisotopic (exact) mass is 194 g/mol. The highest BCUT2D eigenvalue weighted by molar-refractivity contribution is 6.08. The van der Waals surface area contributed by atoms with Crippen LogP contribution in [0.1, 0.15) is 19.3 Å². The Morgan fingerprint density at radius 1 is 1.57 bits per heavy atom. The minimum Gasteiger partial charge on any atom is -0.478 e. The fourth-order valence-corrected chi connectivity index (χ4v) is 0.763. The summed E-state index contributed by atoms with van der Waals surface area (Å²) >= 11 is 0. The van der Waals surface area contributed by atoms with Crippen LogP contribution in [0.5, 0.6) is 0 Å². The summed E-state index contributed by atoms with van der Waals surface area (Å²) in [6, 6.07) is 0. The van der Waals surface area contributed by atoms with Gasteiger partial charge in [-0.1, -0.05) is 0 Å². The van der Waals surface area contributed by atoms with Crippen molar-refractivity contribution < 1.29 is 9.90 Å². The van der Waals surface area contributed by atoms with E-state index in [0.29, 0.717) is 6.54 Å². The number of hydrogen-bond donors (Lipinski definition) is 2. The zero-order chi connectivity index (χ0) is 10.8. The highest BCUT2D eigenvalue weighted by Gasteiger charge is 2.00. The van der Waals surface area contributed by atoms with Crippen molar-refractivity contribution in [2.24, 2.45) is 10.7 Å². The third-order valence-electron chi connectivity index (χ3n) is 1.52. The molecule has 0 aliphatic rings. The van der Waals surface area contributed by atoms with E-state index < -0.39 is 5.97 Å². The molecule has 0 radical (unpaired) electrons.